The number of nitriles is 1. The minimum Gasteiger partial charge on any atom is -0.497 e. The van der Waals surface area contributed by atoms with Crippen molar-refractivity contribution in [1.82, 2.24) is 0 Å². The molecule has 0 aliphatic heterocycles. The summed E-state index contributed by atoms with van der Waals surface area (Å²) in [7, 11) is 1.64. The van der Waals surface area contributed by atoms with Crippen LogP contribution in [-0.4, -0.2) is 11.9 Å². The molecule has 0 unspecified atom stereocenters. The van der Waals surface area contributed by atoms with Crippen LogP contribution < -0.4 is 4.74 Å². The van der Waals surface area contributed by atoms with Gasteiger partial charge in [-0.3, -0.25) is 0 Å². The number of methoxy groups -OCH3 is 1. The van der Waals surface area contributed by atoms with E-state index >= 15 is 0 Å². The van der Waals surface area contributed by atoms with Crippen molar-refractivity contribution in [3.63, 3.8) is 0 Å². The van der Waals surface area contributed by atoms with Gasteiger partial charge in [-0.15, -0.1) is 11.8 Å². The van der Waals surface area contributed by atoms with E-state index in [0.717, 1.165) is 10.6 Å². The molecule has 0 N–H and O–H groups in total. The SMILES string of the molecule is COc1ccc(SC(C)(C)C#N)cc1. The van der Waals surface area contributed by atoms with Gasteiger partial charge >= 0.3 is 0 Å². The number of hydrogen-bond donors (Lipinski definition) is 0. The van der Waals surface area contributed by atoms with Gasteiger partial charge in [0.2, 0.25) is 0 Å². The molecule has 0 radical (unpaired) electrons. The highest BCUT2D eigenvalue weighted by Crippen LogP contribution is 2.32. The molecule has 0 saturated heterocycles. The zero-order valence-electron chi connectivity index (χ0n) is 8.57. The standard InChI is InChI=1S/C11H13NOS/c1-11(2,8-12)14-10-6-4-9(13-3)5-7-10/h4-7H,1-3H3. The van der Waals surface area contributed by atoms with Crippen LogP contribution in [0.15, 0.2) is 29.2 Å². The van der Waals surface area contributed by atoms with E-state index in [4.69, 9.17) is 10.00 Å². The third-order valence-electron chi connectivity index (χ3n) is 1.70. The number of benzene rings is 1. The molecule has 0 bridgehead atoms. The van der Waals surface area contributed by atoms with Crippen molar-refractivity contribution < 1.29 is 4.74 Å². The molecule has 2 nitrogen and oxygen atoms in total. The van der Waals surface area contributed by atoms with E-state index < -0.39 is 0 Å². The Hall–Kier alpha value is -1.14. The van der Waals surface area contributed by atoms with Crippen LogP contribution >= 0.6 is 11.8 Å². The second kappa shape index (κ2) is 4.39. The Bertz CT molecular complexity index is 337. The number of nitrogens with zero attached hydrogens (tertiary/aromatic N) is 1. The lowest BCUT2D eigenvalue weighted by Crippen LogP contribution is -2.09. The minimum absolute atomic E-state index is 0.380. The van der Waals surface area contributed by atoms with E-state index in [2.05, 4.69) is 6.07 Å². The van der Waals surface area contributed by atoms with E-state index in [9.17, 15) is 0 Å². The van der Waals surface area contributed by atoms with Crippen LogP contribution in [0, 0.1) is 11.3 Å². The summed E-state index contributed by atoms with van der Waals surface area (Å²) in [4.78, 5) is 1.08. The van der Waals surface area contributed by atoms with Crippen LogP contribution in [0.2, 0.25) is 0 Å². The highest BCUT2D eigenvalue weighted by atomic mass is 32.2. The van der Waals surface area contributed by atoms with Gasteiger partial charge in [0.1, 0.15) is 10.5 Å². The van der Waals surface area contributed by atoms with Crippen molar-refractivity contribution >= 4 is 11.8 Å². The number of ether oxygens (including phenoxy) is 1. The Labute approximate surface area is 88.9 Å². The highest BCUT2D eigenvalue weighted by Gasteiger charge is 2.17. The fraction of sp³-hybridized carbons (Fsp3) is 0.364. The topological polar surface area (TPSA) is 33.0 Å². The molecular formula is C11H13NOS. The zero-order valence-corrected chi connectivity index (χ0v) is 9.39. The lowest BCUT2D eigenvalue weighted by Gasteiger charge is -2.14. The summed E-state index contributed by atoms with van der Waals surface area (Å²) in [6.45, 7) is 3.81. The average molecular weight is 207 g/mol. The minimum atomic E-state index is -0.380. The predicted octanol–water partition coefficient (Wildman–Crippen LogP) is 3.09. The van der Waals surface area contributed by atoms with Crippen LogP contribution in [-0.2, 0) is 0 Å². The summed E-state index contributed by atoms with van der Waals surface area (Å²) in [6.07, 6.45) is 0. The lowest BCUT2D eigenvalue weighted by atomic mass is 10.2. The zero-order chi connectivity index (χ0) is 10.6. The predicted molar refractivity (Wildman–Crippen MR) is 58.5 cm³/mol. The summed E-state index contributed by atoms with van der Waals surface area (Å²) in [5.41, 5.74) is 0. The quantitative estimate of drug-likeness (QED) is 0.714. The monoisotopic (exact) mass is 207 g/mol. The molecule has 0 aromatic heterocycles. The normalized spacial score (nSPS) is 10.7. The second-order valence-corrected chi connectivity index (χ2v) is 5.10. The summed E-state index contributed by atoms with van der Waals surface area (Å²) in [6, 6.07) is 9.97. The number of thioether (sulfide) groups is 1. The molecule has 0 atom stereocenters. The van der Waals surface area contributed by atoms with Gasteiger partial charge in [0, 0.05) is 4.90 Å². The van der Waals surface area contributed by atoms with E-state index in [0.29, 0.717) is 0 Å². The van der Waals surface area contributed by atoms with Crippen molar-refractivity contribution in [2.45, 2.75) is 23.5 Å². The lowest BCUT2D eigenvalue weighted by molar-refractivity contribution is 0.414. The smallest absolute Gasteiger partial charge is 0.118 e. The first-order valence-electron chi connectivity index (χ1n) is 4.32. The van der Waals surface area contributed by atoms with Crippen molar-refractivity contribution in [2.24, 2.45) is 0 Å². The molecule has 0 heterocycles. The molecule has 0 aliphatic carbocycles. The molecule has 0 fully saturated rings. The van der Waals surface area contributed by atoms with Crippen LogP contribution in [0.4, 0.5) is 0 Å². The second-order valence-electron chi connectivity index (χ2n) is 3.40. The van der Waals surface area contributed by atoms with Crippen LogP contribution in [0.25, 0.3) is 0 Å². The van der Waals surface area contributed by atoms with Gasteiger partial charge in [0.25, 0.3) is 0 Å². The van der Waals surface area contributed by atoms with Crippen LogP contribution in [0.1, 0.15) is 13.8 Å². The molecule has 14 heavy (non-hydrogen) atoms. The summed E-state index contributed by atoms with van der Waals surface area (Å²) >= 11 is 1.55. The molecule has 0 amide bonds. The van der Waals surface area contributed by atoms with E-state index in [1.807, 2.05) is 38.1 Å². The largest absolute Gasteiger partial charge is 0.497 e. The molecular weight excluding hydrogens is 194 g/mol. The first kappa shape index (κ1) is 10.9. The average Bonchev–Trinajstić information content (AvgIpc) is 2.19. The van der Waals surface area contributed by atoms with Gasteiger partial charge in [0.05, 0.1) is 13.2 Å². The van der Waals surface area contributed by atoms with Gasteiger partial charge in [-0.25, -0.2) is 0 Å². The third kappa shape index (κ3) is 2.97. The molecule has 1 rings (SSSR count). The van der Waals surface area contributed by atoms with Gasteiger partial charge in [-0.05, 0) is 38.1 Å². The first-order chi connectivity index (χ1) is 6.57. The van der Waals surface area contributed by atoms with Crippen molar-refractivity contribution in [3.8, 4) is 11.8 Å². The van der Waals surface area contributed by atoms with Crippen molar-refractivity contribution in [2.75, 3.05) is 7.11 Å². The Morgan fingerprint density at radius 1 is 1.29 bits per heavy atom. The maximum absolute atomic E-state index is 8.86. The number of rotatable bonds is 3. The number of hydrogen-bond acceptors (Lipinski definition) is 3. The third-order valence-corrected chi connectivity index (χ3v) is 2.81. The maximum atomic E-state index is 8.86. The summed E-state index contributed by atoms with van der Waals surface area (Å²) < 4.78 is 4.67. The Balaban J connectivity index is 2.75. The van der Waals surface area contributed by atoms with E-state index in [1.165, 1.54) is 0 Å². The summed E-state index contributed by atoms with van der Waals surface area (Å²) in [5.74, 6) is 0.837. The molecule has 0 saturated carbocycles. The van der Waals surface area contributed by atoms with E-state index in [1.54, 1.807) is 18.9 Å². The van der Waals surface area contributed by atoms with Crippen molar-refractivity contribution in [1.29, 1.82) is 5.26 Å². The van der Waals surface area contributed by atoms with Crippen LogP contribution in [0.3, 0.4) is 0 Å². The van der Waals surface area contributed by atoms with Crippen molar-refractivity contribution in [3.05, 3.63) is 24.3 Å². The first-order valence-corrected chi connectivity index (χ1v) is 5.13. The van der Waals surface area contributed by atoms with Gasteiger partial charge in [0.15, 0.2) is 0 Å². The van der Waals surface area contributed by atoms with Gasteiger partial charge < -0.3 is 4.74 Å². The van der Waals surface area contributed by atoms with Gasteiger partial charge in [-0.2, -0.15) is 5.26 Å². The highest BCUT2D eigenvalue weighted by molar-refractivity contribution is 8.00. The van der Waals surface area contributed by atoms with Gasteiger partial charge in [-0.1, -0.05) is 0 Å². The fourth-order valence-corrected chi connectivity index (χ4v) is 1.87. The van der Waals surface area contributed by atoms with E-state index in [-0.39, 0.29) is 4.75 Å². The molecule has 0 aliphatic rings. The summed E-state index contributed by atoms with van der Waals surface area (Å²) in [5, 5.41) is 8.86. The van der Waals surface area contributed by atoms with Crippen LogP contribution in [0.5, 0.6) is 5.75 Å². The Kier molecular flexibility index (Phi) is 3.43. The Morgan fingerprint density at radius 2 is 1.86 bits per heavy atom. The molecule has 3 heteroatoms. The molecule has 0 spiro atoms. The maximum Gasteiger partial charge on any atom is 0.118 e. The molecule has 1 aromatic carbocycles. The molecule has 1 aromatic rings. The fourth-order valence-electron chi connectivity index (χ4n) is 0.961. The Morgan fingerprint density at radius 3 is 2.29 bits per heavy atom. The molecule has 74 valence electrons.